The van der Waals surface area contributed by atoms with Crippen LogP contribution in [0.25, 0.3) is 0 Å². The lowest BCUT2D eigenvalue weighted by Crippen LogP contribution is -2.47. The Labute approximate surface area is 306 Å². The number of hydrogen-bond donors (Lipinski definition) is 3. The summed E-state index contributed by atoms with van der Waals surface area (Å²) in [4.78, 5) is 12.5. The Morgan fingerprint density at radius 2 is 0.735 bits per heavy atom. The summed E-state index contributed by atoms with van der Waals surface area (Å²) in [6.07, 6.45) is 43.4. The lowest BCUT2D eigenvalue weighted by atomic mass is 10.0. The maximum Gasteiger partial charge on any atom is 0.266 e. The summed E-state index contributed by atoms with van der Waals surface area (Å²) < 4.78 is 32.6. The molecule has 294 valence electrons. The van der Waals surface area contributed by atoms with Crippen LogP contribution < -0.4 is 5.32 Å². The monoisotopic (exact) mass is 716 g/mol. The van der Waals surface area contributed by atoms with Gasteiger partial charge in [0.05, 0.1) is 17.9 Å². The van der Waals surface area contributed by atoms with Gasteiger partial charge in [-0.15, -0.1) is 0 Å². The van der Waals surface area contributed by atoms with Crippen LogP contribution >= 0.6 is 0 Å². The second-order valence-electron chi connectivity index (χ2n) is 15.3. The molecule has 0 aliphatic rings. The van der Waals surface area contributed by atoms with Crippen molar-refractivity contribution in [1.29, 1.82) is 0 Å². The van der Waals surface area contributed by atoms with Gasteiger partial charge in [-0.3, -0.25) is 9.35 Å². The highest BCUT2D eigenvalue weighted by atomic mass is 32.2. The molecule has 0 radical (unpaired) electrons. The van der Waals surface area contributed by atoms with E-state index in [-0.39, 0.29) is 5.91 Å². The molecule has 3 N–H and O–H groups in total. The molecule has 0 spiro atoms. The Balaban J connectivity index is 3.79. The van der Waals surface area contributed by atoms with Crippen molar-refractivity contribution in [1.82, 2.24) is 5.32 Å². The summed E-state index contributed by atoms with van der Waals surface area (Å²) in [6, 6.07) is -0.964. The molecule has 0 aromatic carbocycles. The zero-order valence-corrected chi connectivity index (χ0v) is 33.7. The first-order chi connectivity index (χ1) is 23.8. The normalized spacial score (nSPS) is 13.1. The van der Waals surface area contributed by atoms with Crippen LogP contribution in [0.15, 0.2) is 0 Å². The average Bonchev–Trinajstić information content (AvgIpc) is 3.06. The summed E-state index contributed by atoms with van der Waals surface area (Å²) in [5.41, 5.74) is 0. The second kappa shape index (κ2) is 37.1. The largest absolute Gasteiger partial charge is 0.391 e. The van der Waals surface area contributed by atoms with Crippen LogP contribution in [0.1, 0.15) is 245 Å². The van der Waals surface area contributed by atoms with Gasteiger partial charge in [0.2, 0.25) is 5.91 Å². The first-order valence-corrected chi connectivity index (χ1v) is 23.3. The number of hydrogen-bond acceptors (Lipinski definition) is 4. The first-order valence-electron chi connectivity index (χ1n) is 21.7. The van der Waals surface area contributed by atoms with Gasteiger partial charge in [-0.05, 0) is 12.8 Å². The van der Waals surface area contributed by atoms with Gasteiger partial charge >= 0.3 is 0 Å². The van der Waals surface area contributed by atoms with Gasteiger partial charge in [0.15, 0.2) is 0 Å². The lowest BCUT2D eigenvalue weighted by Gasteiger charge is -2.23. The molecule has 0 saturated carbocycles. The third kappa shape index (κ3) is 38.4. The lowest BCUT2D eigenvalue weighted by molar-refractivity contribution is -0.122. The van der Waals surface area contributed by atoms with Crippen LogP contribution in [-0.2, 0) is 14.9 Å². The van der Waals surface area contributed by atoms with Crippen LogP contribution in [0.4, 0.5) is 0 Å². The van der Waals surface area contributed by atoms with Crippen molar-refractivity contribution in [2.45, 2.75) is 257 Å². The molecule has 0 heterocycles. The predicted molar refractivity (Wildman–Crippen MR) is 212 cm³/mol. The fourth-order valence-corrected chi connectivity index (χ4v) is 7.80. The highest BCUT2D eigenvalue weighted by Crippen LogP contribution is 2.17. The second-order valence-corrected chi connectivity index (χ2v) is 16.8. The van der Waals surface area contributed by atoms with Crippen molar-refractivity contribution >= 4 is 16.0 Å². The summed E-state index contributed by atoms with van der Waals surface area (Å²) in [6.45, 7) is 4.54. The van der Waals surface area contributed by atoms with Gasteiger partial charge in [0.25, 0.3) is 10.1 Å². The minimum atomic E-state index is -4.30. The number of rotatable bonds is 40. The Bertz CT molecular complexity index is 790. The highest BCUT2D eigenvalue weighted by molar-refractivity contribution is 7.85. The predicted octanol–water partition coefficient (Wildman–Crippen LogP) is 12.8. The zero-order valence-electron chi connectivity index (χ0n) is 32.8. The maximum atomic E-state index is 12.5. The van der Waals surface area contributed by atoms with Gasteiger partial charge in [-0.25, -0.2) is 0 Å². The Morgan fingerprint density at radius 1 is 0.469 bits per heavy atom. The van der Waals surface area contributed by atoms with Gasteiger partial charge in [0, 0.05) is 6.42 Å². The molecular formula is C42H85NO5S. The number of amides is 1. The summed E-state index contributed by atoms with van der Waals surface area (Å²) in [5, 5.41) is 13.4. The molecule has 0 saturated heterocycles. The van der Waals surface area contributed by atoms with E-state index < -0.39 is 28.0 Å². The Morgan fingerprint density at radius 3 is 1.02 bits per heavy atom. The standard InChI is InChI=1S/C42H85NO5S/c1-3-5-7-9-11-13-15-17-19-20-21-22-24-25-27-29-31-33-35-37-41(44)40(39-49(46,47)48)43-42(45)38-36-34-32-30-28-26-23-18-16-14-12-10-8-6-4-2/h40-41,44H,3-39H2,1-2H3,(H,43,45)(H,46,47,48). The minimum Gasteiger partial charge on any atom is -0.391 e. The van der Waals surface area contributed by atoms with Gasteiger partial charge < -0.3 is 10.4 Å². The average molecular weight is 716 g/mol. The molecule has 0 rings (SSSR count). The summed E-state index contributed by atoms with van der Waals surface area (Å²) in [5.74, 6) is -0.881. The third-order valence-corrected chi connectivity index (χ3v) is 11.1. The van der Waals surface area contributed by atoms with Crippen LogP contribution in [-0.4, -0.2) is 41.9 Å². The maximum absolute atomic E-state index is 12.5. The van der Waals surface area contributed by atoms with E-state index in [9.17, 15) is 22.9 Å². The molecule has 2 atom stereocenters. The smallest absolute Gasteiger partial charge is 0.266 e. The van der Waals surface area contributed by atoms with E-state index in [1.165, 1.54) is 180 Å². The fourth-order valence-electron chi connectivity index (χ4n) is 7.04. The number of unbranched alkanes of at least 4 members (excludes halogenated alkanes) is 32. The highest BCUT2D eigenvalue weighted by Gasteiger charge is 2.26. The van der Waals surface area contributed by atoms with Crippen molar-refractivity contribution in [2.75, 3.05) is 5.75 Å². The fraction of sp³-hybridized carbons (Fsp3) is 0.976. The topological polar surface area (TPSA) is 104 Å². The molecule has 0 fully saturated rings. The number of aliphatic hydroxyl groups excluding tert-OH is 1. The molecule has 2 unspecified atom stereocenters. The number of carbonyl (C=O) groups excluding carboxylic acids is 1. The Kier molecular flexibility index (Phi) is 36.6. The van der Waals surface area contributed by atoms with Crippen LogP contribution in [0.3, 0.4) is 0 Å². The van der Waals surface area contributed by atoms with E-state index in [1.807, 2.05) is 0 Å². The van der Waals surface area contributed by atoms with E-state index in [1.54, 1.807) is 0 Å². The molecule has 1 amide bonds. The molecule has 0 aliphatic heterocycles. The molecule has 0 aromatic heterocycles. The van der Waals surface area contributed by atoms with E-state index >= 15 is 0 Å². The summed E-state index contributed by atoms with van der Waals surface area (Å²) in [7, 11) is -4.30. The SMILES string of the molecule is CCCCCCCCCCCCCCCCCCCCCC(O)C(CS(=O)(=O)O)NC(=O)CCCCCCCCCCCCCCCCC. The van der Waals surface area contributed by atoms with Crippen molar-refractivity contribution in [3.8, 4) is 0 Å². The number of carbonyl (C=O) groups is 1. The van der Waals surface area contributed by atoms with E-state index in [0.29, 0.717) is 12.8 Å². The molecule has 6 nitrogen and oxygen atoms in total. The Hall–Kier alpha value is -0.660. The molecule has 0 aromatic rings. The molecule has 0 bridgehead atoms. The zero-order chi connectivity index (χ0) is 36.1. The van der Waals surface area contributed by atoms with Crippen LogP contribution in [0.5, 0.6) is 0 Å². The third-order valence-electron chi connectivity index (χ3n) is 10.3. The number of aliphatic hydroxyl groups is 1. The van der Waals surface area contributed by atoms with Crippen molar-refractivity contribution in [3.05, 3.63) is 0 Å². The van der Waals surface area contributed by atoms with Crippen molar-refractivity contribution in [3.63, 3.8) is 0 Å². The molecule has 7 heteroatoms. The van der Waals surface area contributed by atoms with Crippen LogP contribution in [0.2, 0.25) is 0 Å². The molecule has 49 heavy (non-hydrogen) atoms. The van der Waals surface area contributed by atoms with E-state index in [4.69, 9.17) is 0 Å². The molecule has 0 aliphatic carbocycles. The van der Waals surface area contributed by atoms with Gasteiger partial charge in [-0.2, -0.15) is 8.42 Å². The summed E-state index contributed by atoms with van der Waals surface area (Å²) >= 11 is 0. The van der Waals surface area contributed by atoms with Crippen LogP contribution in [0, 0.1) is 0 Å². The number of nitrogens with one attached hydrogen (secondary N) is 1. The van der Waals surface area contributed by atoms with Gasteiger partial charge in [0.1, 0.15) is 0 Å². The first kappa shape index (κ1) is 48.3. The molecular weight excluding hydrogens is 631 g/mol. The minimum absolute atomic E-state index is 0.240. The van der Waals surface area contributed by atoms with Crippen molar-refractivity contribution in [2.24, 2.45) is 0 Å². The van der Waals surface area contributed by atoms with E-state index in [0.717, 1.165) is 38.5 Å². The van der Waals surface area contributed by atoms with Gasteiger partial charge in [-0.1, -0.05) is 226 Å². The van der Waals surface area contributed by atoms with Crippen molar-refractivity contribution < 1.29 is 22.9 Å². The van der Waals surface area contributed by atoms with E-state index in [2.05, 4.69) is 19.2 Å². The quantitative estimate of drug-likeness (QED) is 0.0433.